The van der Waals surface area contributed by atoms with E-state index in [0.717, 1.165) is 45.1 Å². The van der Waals surface area contributed by atoms with Gasteiger partial charge in [-0.05, 0) is 25.3 Å². The number of nitrogens with two attached hydrogens (primary N) is 1. The minimum Gasteiger partial charge on any atom is -0.381 e. The van der Waals surface area contributed by atoms with E-state index in [2.05, 4.69) is 25.7 Å². The number of hydrogen-bond acceptors (Lipinski definition) is 3. The number of likely N-dealkylation sites (N-methyl/N-ethyl adjacent to an activating group) is 1. The first kappa shape index (κ1) is 14.9. The number of rotatable bonds is 7. The number of ether oxygens (including phenoxy) is 1. The second-order valence-electron chi connectivity index (χ2n) is 5.26. The van der Waals surface area contributed by atoms with E-state index in [-0.39, 0.29) is 5.54 Å². The van der Waals surface area contributed by atoms with E-state index >= 15 is 0 Å². The molecule has 0 unspecified atom stereocenters. The highest BCUT2D eigenvalue weighted by Gasteiger charge is 2.36. The van der Waals surface area contributed by atoms with Gasteiger partial charge < -0.3 is 10.5 Å². The van der Waals surface area contributed by atoms with E-state index in [4.69, 9.17) is 10.5 Å². The van der Waals surface area contributed by atoms with Crippen molar-refractivity contribution in [1.82, 2.24) is 4.90 Å². The van der Waals surface area contributed by atoms with Crippen molar-refractivity contribution in [3.8, 4) is 0 Å². The lowest BCUT2D eigenvalue weighted by Crippen LogP contribution is -2.57. The summed E-state index contributed by atoms with van der Waals surface area (Å²) in [6.07, 6.45) is 4.73. The fourth-order valence-corrected chi connectivity index (χ4v) is 2.92. The monoisotopic (exact) mass is 242 g/mol. The fraction of sp³-hybridized carbons (Fsp3) is 1.00. The van der Waals surface area contributed by atoms with Crippen molar-refractivity contribution in [1.29, 1.82) is 0 Å². The van der Waals surface area contributed by atoms with Crippen molar-refractivity contribution in [3.05, 3.63) is 0 Å². The van der Waals surface area contributed by atoms with Crippen molar-refractivity contribution >= 4 is 0 Å². The molecule has 1 rings (SSSR count). The summed E-state index contributed by atoms with van der Waals surface area (Å²) in [5, 5.41) is 0. The molecule has 1 saturated heterocycles. The van der Waals surface area contributed by atoms with Crippen LogP contribution in [0.3, 0.4) is 0 Å². The van der Waals surface area contributed by atoms with Crippen LogP contribution in [0.25, 0.3) is 0 Å². The third-order valence-corrected chi connectivity index (χ3v) is 4.49. The third-order valence-electron chi connectivity index (χ3n) is 4.49. The van der Waals surface area contributed by atoms with Crippen LogP contribution in [0.15, 0.2) is 0 Å². The molecule has 0 saturated carbocycles. The van der Waals surface area contributed by atoms with Gasteiger partial charge in [-0.15, -0.1) is 0 Å². The van der Waals surface area contributed by atoms with Crippen molar-refractivity contribution in [2.75, 3.05) is 32.8 Å². The zero-order valence-electron chi connectivity index (χ0n) is 11.9. The summed E-state index contributed by atoms with van der Waals surface area (Å²) >= 11 is 0. The zero-order chi connectivity index (χ0) is 12.7. The molecule has 3 nitrogen and oxygen atoms in total. The van der Waals surface area contributed by atoms with Gasteiger partial charge in [0.2, 0.25) is 0 Å². The van der Waals surface area contributed by atoms with Crippen LogP contribution < -0.4 is 5.73 Å². The minimum atomic E-state index is 0.204. The van der Waals surface area contributed by atoms with Gasteiger partial charge in [0.05, 0.1) is 0 Å². The number of hydrogen-bond donors (Lipinski definition) is 1. The molecule has 1 aliphatic heterocycles. The molecular weight excluding hydrogens is 212 g/mol. The second-order valence-corrected chi connectivity index (χ2v) is 5.26. The summed E-state index contributed by atoms with van der Waals surface area (Å²) in [6, 6.07) is 0. The van der Waals surface area contributed by atoms with E-state index in [0.29, 0.717) is 0 Å². The zero-order valence-corrected chi connectivity index (χ0v) is 11.9. The van der Waals surface area contributed by atoms with Crippen LogP contribution in [0.2, 0.25) is 0 Å². The molecule has 102 valence electrons. The molecule has 2 N–H and O–H groups in total. The maximum absolute atomic E-state index is 6.08. The minimum absolute atomic E-state index is 0.204. The van der Waals surface area contributed by atoms with Gasteiger partial charge in [-0.2, -0.15) is 0 Å². The van der Waals surface area contributed by atoms with Gasteiger partial charge in [0.25, 0.3) is 0 Å². The van der Waals surface area contributed by atoms with Crippen LogP contribution in [0, 0.1) is 5.92 Å². The lowest BCUT2D eigenvalue weighted by atomic mass is 9.86. The fourth-order valence-electron chi connectivity index (χ4n) is 2.92. The van der Waals surface area contributed by atoms with Crippen LogP contribution >= 0.6 is 0 Å². The van der Waals surface area contributed by atoms with Crippen LogP contribution in [0.4, 0.5) is 0 Å². The SMILES string of the molecule is CCC(CC)CN(CC)C1(CN)CCOCC1. The van der Waals surface area contributed by atoms with E-state index in [1.807, 2.05) is 0 Å². The molecule has 0 atom stereocenters. The maximum atomic E-state index is 6.08. The predicted molar refractivity (Wildman–Crippen MR) is 73.2 cm³/mol. The van der Waals surface area contributed by atoms with Gasteiger partial charge in [-0.25, -0.2) is 0 Å². The first-order valence-corrected chi connectivity index (χ1v) is 7.25. The standard InChI is InChI=1S/C14H30N2O/c1-4-13(5-2)11-16(6-3)14(12-15)7-9-17-10-8-14/h13H,4-12,15H2,1-3H3. The maximum Gasteiger partial charge on any atom is 0.0484 e. The first-order valence-electron chi connectivity index (χ1n) is 7.25. The molecule has 1 fully saturated rings. The topological polar surface area (TPSA) is 38.5 Å². The molecule has 0 spiro atoms. The highest BCUT2D eigenvalue weighted by atomic mass is 16.5. The van der Waals surface area contributed by atoms with Crippen molar-refractivity contribution in [2.24, 2.45) is 11.7 Å². The molecule has 1 heterocycles. The Kier molecular flexibility index (Phi) is 6.45. The van der Waals surface area contributed by atoms with Crippen molar-refractivity contribution in [2.45, 2.75) is 52.0 Å². The Morgan fingerprint density at radius 2 is 1.76 bits per heavy atom. The van der Waals surface area contributed by atoms with E-state index in [1.165, 1.54) is 19.4 Å². The molecule has 0 aliphatic carbocycles. The van der Waals surface area contributed by atoms with Crippen LogP contribution in [0.5, 0.6) is 0 Å². The van der Waals surface area contributed by atoms with Gasteiger partial charge in [-0.3, -0.25) is 4.90 Å². The lowest BCUT2D eigenvalue weighted by Gasteiger charge is -2.46. The Labute approximate surface area is 107 Å². The average molecular weight is 242 g/mol. The Morgan fingerprint density at radius 3 is 2.18 bits per heavy atom. The summed E-state index contributed by atoms with van der Waals surface area (Å²) < 4.78 is 5.50. The Hall–Kier alpha value is -0.120. The summed E-state index contributed by atoms with van der Waals surface area (Å²) in [5.41, 5.74) is 6.28. The van der Waals surface area contributed by atoms with Gasteiger partial charge in [0.1, 0.15) is 0 Å². The van der Waals surface area contributed by atoms with Gasteiger partial charge in [0.15, 0.2) is 0 Å². The Morgan fingerprint density at radius 1 is 1.18 bits per heavy atom. The van der Waals surface area contributed by atoms with E-state index in [1.54, 1.807) is 0 Å². The van der Waals surface area contributed by atoms with Gasteiger partial charge >= 0.3 is 0 Å². The highest BCUT2D eigenvalue weighted by Crippen LogP contribution is 2.28. The van der Waals surface area contributed by atoms with Crippen molar-refractivity contribution in [3.63, 3.8) is 0 Å². The molecule has 0 aromatic rings. The molecule has 0 amide bonds. The molecular formula is C14H30N2O. The molecule has 0 radical (unpaired) electrons. The van der Waals surface area contributed by atoms with Gasteiger partial charge in [-0.1, -0.05) is 33.6 Å². The molecule has 0 aromatic heterocycles. The van der Waals surface area contributed by atoms with Crippen LogP contribution in [-0.2, 0) is 4.74 Å². The van der Waals surface area contributed by atoms with E-state index in [9.17, 15) is 0 Å². The first-order chi connectivity index (χ1) is 8.22. The molecule has 17 heavy (non-hydrogen) atoms. The summed E-state index contributed by atoms with van der Waals surface area (Å²) in [7, 11) is 0. The largest absolute Gasteiger partial charge is 0.381 e. The quantitative estimate of drug-likeness (QED) is 0.744. The lowest BCUT2D eigenvalue weighted by molar-refractivity contribution is -0.0285. The molecule has 1 aliphatic rings. The second kappa shape index (κ2) is 7.34. The number of nitrogens with zero attached hydrogens (tertiary/aromatic N) is 1. The van der Waals surface area contributed by atoms with Crippen LogP contribution in [-0.4, -0.2) is 43.3 Å². The molecule has 3 heteroatoms. The molecule has 0 bridgehead atoms. The molecule has 0 aromatic carbocycles. The Bertz CT molecular complexity index is 198. The average Bonchev–Trinajstić information content (AvgIpc) is 2.41. The third kappa shape index (κ3) is 3.67. The smallest absolute Gasteiger partial charge is 0.0484 e. The summed E-state index contributed by atoms with van der Waals surface area (Å²) in [5.74, 6) is 0.807. The summed E-state index contributed by atoms with van der Waals surface area (Å²) in [4.78, 5) is 2.62. The van der Waals surface area contributed by atoms with Gasteiger partial charge in [0, 0.05) is 31.8 Å². The highest BCUT2D eigenvalue weighted by molar-refractivity contribution is 4.93. The van der Waals surface area contributed by atoms with Crippen molar-refractivity contribution < 1.29 is 4.74 Å². The normalized spacial score (nSPS) is 20.1. The Balaban J connectivity index is 2.67. The van der Waals surface area contributed by atoms with Crippen LogP contribution in [0.1, 0.15) is 46.5 Å². The predicted octanol–water partition coefficient (Wildman–Crippen LogP) is 2.25. The summed E-state index contributed by atoms with van der Waals surface area (Å²) in [6.45, 7) is 11.7. The van der Waals surface area contributed by atoms with E-state index < -0.39 is 0 Å².